The number of nitrogens with zero attached hydrogens (tertiary/aromatic N) is 2. The highest BCUT2D eigenvalue weighted by molar-refractivity contribution is 5.98. The van der Waals surface area contributed by atoms with E-state index in [0.717, 1.165) is 23.3 Å². The van der Waals surface area contributed by atoms with Crippen molar-refractivity contribution in [2.75, 3.05) is 4.90 Å². The van der Waals surface area contributed by atoms with Gasteiger partial charge in [0.05, 0.1) is 16.9 Å². The van der Waals surface area contributed by atoms with Crippen LogP contribution in [-0.2, 0) is 6.54 Å². The molecule has 0 amide bonds. The van der Waals surface area contributed by atoms with E-state index in [2.05, 4.69) is 103 Å². The summed E-state index contributed by atoms with van der Waals surface area (Å²) >= 11 is 0. The normalized spacial score (nSPS) is 15.6. The van der Waals surface area contributed by atoms with Crippen LogP contribution in [0.1, 0.15) is 18.1 Å². The number of hydrogen-bond donors (Lipinski definition) is 0. The molecule has 5 rings (SSSR count). The van der Waals surface area contributed by atoms with E-state index < -0.39 is 0 Å². The fourth-order valence-corrected chi connectivity index (χ4v) is 3.95. The van der Waals surface area contributed by atoms with Crippen LogP contribution < -0.4 is 4.90 Å². The van der Waals surface area contributed by atoms with Crippen molar-refractivity contribution in [1.29, 1.82) is 0 Å². The maximum absolute atomic E-state index is 5.11. The highest BCUT2D eigenvalue weighted by atomic mass is 15.2. The van der Waals surface area contributed by atoms with Crippen molar-refractivity contribution in [3.05, 3.63) is 102 Å². The van der Waals surface area contributed by atoms with Crippen LogP contribution >= 0.6 is 0 Å². The number of aromatic nitrogens is 1. The van der Waals surface area contributed by atoms with Crippen molar-refractivity contribution >= 4 is 22.7 Å². The summed E-state index contributed by atoms with van der Waals surface area (Å²) in [5, 5.41) is 1.18. The summed E-state index contributed by atoms with van der Waals surface area (Å²) in [5.41, 5.74) is 7.02. The van der Waals surface area contributed by atoms with Crippen molar-refractivity contribution in [2.45, 2.75) is 19.5 Å². The Balaban J connectivity index is 1.68. The van der Waals surface area contributed by atoms with E-state index in [1.165, 1.54) is 22.2 Å². The molecule has 0 bridgehead atoms. The Hall–Kier alpha value is -3.39. The van der Waals surface area contributed by atoms with Gasteiger partial charge in [-0.15, -0.1) is 0 Å². The number of rotatable bonds is 3. The van der Waals surface area contributed by atoms with E-state index in [-0.39, 0.29) is 0 Å². The summed E-state index contributed by atoms with van der Waals surface area (Å²) < 4.78 is 0. The van der Waals surface area contributed by atoms with Gasteiger partial charge in [0.1, 0.15) is 0 Å². The highest BCUT2D eigenvalue weighted by Crippen LogP contribution is 2.37. The first-order valence-corrected chi connectivity index (χ1v) is 9.77. The molecule has 0 spiro atoms. The zero-order valence-corrected chi connectivity index (χ0v) is 15.9. The number of anilines is 1. The van der Waals surface area contributed by atoms with Gasteiger partial charge in [0.25, 0.3) is 0 Å². The molecule has 136 valence electrons. The minimum atomic E-state index is 0.320. The Morgan fingerprint density at radius 3 is 2.32 bits per heavy atom. The Morgan fingerprint density at radius 1 is 0.821 bits per heavy atom. The van der Waals surface area contributed by atoms with Crippen LogP contribution in [0.4, 0.5) is 5.69 Å². The van der Waals surface area contributed by atoms with Crippen molar-refractivity contribution in [2.24, 2.45) is 0 Å². The third-order valence-corrected chi connectivity index (χ3v) is 5.47. The van der Waals surface area contributed by atoms with Gasteiger partial charge in [-0.1, -0.05) is 91.0 Å². The Bertz CT molecular complexity index is 1150. The summed E-state index contributed by atoms with van der Waals surface area (Å²) in [4.78, 5) is 7.58. The van der Waals surface area contributed by atoms with E-state index in [4.69, 9.17) is 4.98 Å². The van der Waals surface area contributed by atoms with Crippen LogP contribution in [0.15, 0.2) is 91.0 Å². The van der Waals surface area contributed by atoms with Crippen molar-refractivity contribution in [1.82, 2.24) is 4.98 Å². The van der Waals surface area contributed by atoms with E-state index in [0.29, 0.717) is 6.04 Å². The lowest BCUT2D eigenvalue weighted by Crippen LogP contribution is -2.33. The molecule has 4 aromatic rings. The van der Waals surface area contributed by atoms with Gasteiger partial charge in [0.2, 0.25) is 0 Å². The Kier molecular flexibility index (Phi) is 4.17. The van der Waals surface area contributed by atoms with E-state index in [1.54, 1.807) is 0 Å². The number of hydrogen-bond acceptors (Lipinski definition) is 2. The molecule has 2 nitrogen and oxygen atoms in total. The fourth-order valence-electron chi connectivity index (χ4n) is 3.95. The SMILES string of the molecule is CC1C=Cc2ccc3ccc(-c4ccccc4)nc3c2N1Cc1ccccc1. The largest absolute Gasteiger partial charge is 0.359 e. The summed E-state index contributed by atoms with van der Waals surface area (Å²) in [5.74, 6) is 0. The van der Waals surface area contributed by atoms with Crippen molar-refractivity contribution < 1.29 is 0 Å². The number of pyridine rings is 1. The van der Waals surface area contributed by atoms with Crippen molar-refractivity contribution in [3.63, 3.8) is 0 Å². The van der Waals surface area contributed by atoms with Crippen LogP contribution in [0.5, 0.6) is 0 Å². The van der Waals surface area contributed by atoms with Crippen LogP contribution in [0.25, 0.3) is 28.2 Å². The van der Waals surface area contributed by atoms with Gasteiger partial charge in [-0.3, -0.25) is 0 Å². The minimum Gasteiger partial charge on any atom is -0.359 e. The van der Waals surface area contributed by atoms with Crippen LogP contribution in [0, 0.1) is 0 Å². The Labute approximate surface area is 165 Å². The van der Waals surface area contributed by atoms with Gasteiger partial charge >= 0.3 is 0 Å². The molecule has 1 aromatic heterocycles. The van der Waals surface area contributed by atoms with Gasteiger partial charge in [0, 0.05) is 23.5 Å². The molecule has 28 heavy (non-hydrogen) atoms. The van der Waals surface area contributed by atoms with Gasteiger partial charge in [0.15, 0.2) is 0 Å². The summed E-state index contributed by atoms with van der Waals surface area (Å²) in [6.45, 7) is 3.12. The minimum absolute atomic E-state index is 0.320. The van der Waals surface area contributed by atoms with Crippen molar-refractivity contribution in [3.8, 4) is 11.3 Å². The molecule has 3 aromatic carbocycles. The molecular weight excluding hydrogens is 340 g/mol. The van der Waals surface area contributed by atoms with Gasteiger partial charge in [-0.2, -0.15) is 0 Å². The summed E-state index contributed by atoms with van der Waals surface area (Å²) in [6, 6.07) is 30.1. The Morgan fingerprint density at radius 2 is 1.54 bits per heavy atom. The molecule has 0 fully saturated rings. The molecule has 0 saturated carbocycles. The lowest BCUT2D eigenvalue weighted by atomic mass is 9.99. The molecule has 1 aliphatic heterocycles. The van der Waals surface area contributed by atoms with Crippen LogP contribution in [-0.4, -0.2) is 11.0 Å². The van der Waals surface area contributed by atoms with Gasteiger partial charge in [-0.05, 0) is 24.1 Å². The van der Waals surface area contributed by atoms with E-state index in [1.807, 2.05) is 6.07 Å². The molecule has 0 radical (unpaired) electrons. The second-order valence-electron chi connectivity index (χ2n) is 7.35. The lowest BCUT2D eigenvalue weighted by Gasteiger charge is -2.34. The van der Waals surface area contributed by atoms with E-state index >= 15 is 0 Å². The summed E-state index contributed by atoms with van der Waals surface area (Å²) in [6.07, 6.45) is 4.51. The molecule has 1 unspecified atom stereocenters. The molecule has 1 aliphatic rings. The second kappa shape index (κ2) is 6.97. The average Bonchev–Trinajstić information content (AvgIpc) is 2.76. The zero-order valence-electron chi connectivity index (χ0n) is 15.9. The quantitative estimate of drug-likeness (QED) is 0.424. The smallest absolute Gasteiger partial charge is 0.0949 e. The lowest BCUT2D eigenvalue weighted by molar-refractivity contribution is 0.730. The molecule has 0 N–H and O–H groups in total. The van der Waals surface area contributed by atoms with Crippen LogP contribution in [0.3, 0.4) is 0 Å². The third-order valence-electron chi connectivity index (χ3n) is 5.47. The van der Waals surface area contributed by atoms with Gasteiger partial charge in [-0.25, -0.2) is 4.98 Å². The average molecular weight is 362 g/mol. The zero-order chi connectivity index (χ0) is 18.9. The fraction of sp³-hybridized carbons (Fsp3) is 0.115. The number of benzene rings is 3. The topological polar surface area (TPSA) is 16.1 Å². The molecule has 0 saturated heterocycles. The number of fused-ring (bicyclic) bond motifs is 3. The first-order valence-electron chi connectivity index (χ1n) is 9.77. The standard InChI is InChI=1S/C26H22N2/c1-19-12-13-23-15-14-22-16-17-24(21-10-6-3-7-11-21)27-25(22)26(23)28(19)18-20-8-4-2-5-9-20/h2-17,19H,18H2,1H3. The third kappa shape index (κ3) is 2.97. The monoisotopic (exact) mass is 362 g/mol. The first kappa shape index (κ1) is 16.8. The molecule has 2 heteroatoms. The van der Waals surface area contributed by atoms with Crippen LogP contribution in [0.2, 0.25) is 0 Å². The molecule has 0 aliphatic carbocycles. The predicted octanol–water partition coefficient (Wildman–Crippen LogP) is 6.32. The van der Waals surface area contributed by atoms with E-state index in [9.17, 15) is 0 Å². The predicted molar refractivity (Wildman–Crippen MR) is 118 cm³/mol. The van der Waals surface area contributed by atoms with Gasteiger partial charge < -0.3 is 4.90 Å². The maximum Gasteiger partial charge on any atom is 0.0949 e. The molecular formula is C26H22N2. The molecule has 1 atom stereocenters. The highest BCUT2D eigenvalue weighted by Gasteiger charge is 2.22. The molecule has 2 heterocycles. The maximum atomic E-state index is 5.11. The summed E-state index contributed by atoms with van der Waals surface area (Å²) in [7, 11) is 0. The first-order chi connectivity index (χ1) is 13.8. The second-order valence-corrected chi connectivity index (χ2v) is 7.35.